The van der Waals surface area contributed by atoms with E-state index < -0.39 is 11.6 Å². The van der Waals surface area contributed by atoms with Crippen LogP contribution >= 0.6 is 0 Å². The van der Waals surface area contributed by atoms with E-state index in [2.05, 4.69) is 10.3 Å². The van der Waals surface area contributed by atoms with Crippen LogP contribution in [-0.4, -0.2) is 15.6 Å². The third kappa shape index (κ3) is 3.61. The zero-order valence-corrected chi connectivity index (χ0v) is 11.0. The maximum Gasteiger partial charge on any atom is 0.128 e. The van der Waals surface area contributed by atoms with Crippen molar-refractivity contribution in [1.82, 2.24) is 14.9 Å². The average molecular weight is 265 g/mol. The molecule has 0 amide bonds. The van der Waals surface area contributed by atoms with Crippen molar-refractivity contribution in [2.45, 2.75) is 33.0 Å². The second-order valence-electron chi connectivity index (χ2n) is 4.78. The maximum absolute atomic E-state index is 13.6. The fourth-order valence-corrected chi connectivity index (χ4v) is 1.79. The SMILES string of the molecule is CC(C)NCc1cncn1Cc1cc(F)ccc1F. The first kappa shape index (κ1) is 13.7. The summed E-state index contributed by atoms with van der Waals surface area (Å²) in [5, 5.41) is 3.27. The van der Waals surface area contributed by atoms with Gasteiger partial charge in [0.15, 0.2) is 0 Å². The molecule has 0 saturated carbocycles. The number of imidazole rings is 1. The number of benzene rings is 1. The summed E-state index contributed by atoms with van der Waals surface area (Å²) in [6.45, 7) is 5.02. The van der Waals surface area contributed by atoms with Gasteiger partial charge in [0.05, 0.1) is 18.6 Å². The number of nitrogens with zero attached hydrogens (tertiary/aromatic N) is 2. The summed E-state index contributed by atoms with van der Waals surface area (Å²) in [5.41, 5.74) is 1.26. The molecule has 2 aromatic rings. The Morgan fingerprint density at radius 3 is 2.84 bits per heavy atom. The Kier molecular flexibility index (Phi) is 4.27. The van der Waals surface area contributed by atoms with Crippen LogP contribution in [0, 0.1) is 11.6 Å². The predicted octanol–water partition coefficient (Wildman–Crippen LogP) is 2.71. The van der Waals surface area contributed by atoms with Gasteiger partial charge in [0.1, 0.15) is 11.6 Å². The summed E-state index contributed by atoms with van der Waals surface area (Å²) in [5.74, 6) is -0.837. The molecule has 0 spiro atoms. The van der Waals surface area contributed by atoms with Crippen LogP contribution < -0.4 is 5.32 Å². The average Bonchev–Trinajstić information content (AvgIpc) is 2.79. The van der Waals surface area contributed by atoms with Gasteiger partial charge in [-0.15, -0.1) is 0 Å². The highest BCUT2D eigenvalue weighted by molar-refractivity contribution is 5.19. The Labute approximate surface area is 111 Å². The zero-order chi connectivity index (χ0) is 13.8. The first-order chi connectivity index (χ1) is 9.06. The molecule has 0 aliphatic carbocycles. The van der Waals surface area contributed by atoms with Crippen molar-refractivity contribution in [3.05, 3.63) is 53.6 Å². The summed E-state index contributed by atoms with van der Waals surface area (Å²) < 4.78 is 28.5. The number of halogens is 2. The zero-order valence-electron chi connectivity index (χ0n) is 11.0. The van der Waals surface area contributed by atoms with E-state index in [1.807, 2.05) is 18.4 Å². The van der Waals surface area contributed by atoms with Crippen LogP contribution in [0.3, 0.4) is 0 Å². The minimum Gasteiger partial charge on any atom is -0.329 e. The van der Waals surface area contributed by atoms with E-state index in [1.54, 1.807) is 12.5 Å². The molecule has 5 heteroatoms. The van der Waals surface area contributed by atoms with Crippen molar-refractivity contribution < 1.29 is 8.78 Å². The molecule has 0 fully saturated rings. The second kappa shape index (κ2) is 5.93. The molecule has 0 aliphatic rings. The van der Waals surface area contributed by atoms with E-state index in [0.29, 0.717) is 18.2 Å². The molecular weight excluding hydrogens is 248 g/mol. The molecule has 1 N–H and O–H groups in total. The Balaban J connectivity index is 2.15. The molecule has 1 aromatic carbocycles. The molecule has 1 heterocycles. The van der Waals surface area contributed by atoms with Crippen LogP contribution in [0.4, 0.5) is 8.78 Å². The molecule has 0 saturated heterocycles. The second-order valence-corrected chi connectivity index (χ2v) is 4.78. The lowest BCUT2D eigenvalue weighted by molar-refractivity contribution is 0.551. The Bertz CT molecular complexity index is 549. The molecule has 19 heavy (non-hydrogen) atoms. The molecule has 1 aromatic heterocycles. The lowest BCUT2D eigenvalue weighted by Gasteiger charge is -2.11. The lowest BCUT2D eigenvalue weighted by Crippen LogP contribution is -2.23. The van der Waals surface area contributed by atoms with Gasteiger partial charge < -0.3 is 9.88 Å². The molecule has 2 rings (SSSR count). The van der Waals surface area contributed by atoms with Gasteiger partial charge in [-0.2, -0.15) is 0 Å². The lowest BCUT2D eigenvalue weighted by atomic mass is 10.2. The van der Waals surface area contributed by atoms with Crippen molar-refractivity contribution >= 4 is 0 Å². The maximum atomic E-state index is 13.6. The summed E-state index contributed by atoms with van der Waals surface area (Å²) in [6, 6.07) is 3.84. The normalized spacial score (nSPS) is 11.2. The standard InChI is InChI=1S/C14H17F2N3/c1-10(2)18-7-13-6-17-9-19(13)8-11-5-12(15)3-4-14(11)16/h3-6,9-10,18H,7-8H2,1-2H3. The van der Waals surface area contributed by atoms with Crippen LogP contribution in [0.5, 0.6) is 0 Å². The quantitative estimate of drug-likeness (QED) is 0.900. The minimum atomic E-state index is -0.432. The largest absolute Gasteiger partial charge is 0.329 e. The van der Waals surface area contributed by atoms with Gasteiger partial charge in [-0.25, -0.2) is 13.8 Å². The van der Waals surface area contributed by atoms with Crippen LogP contribution in [0.25, 0.3) is 0 Å². The number of hydrogen-bond donors (Lipinski definition) is 1. The van der Waals surface area contributed by atoms with Crippen LogP contribution in [0.15, 0.2) is 30.7 Å². The number of aromatic nitrogens is 2. The monoisotopic (exact) mass is 265 g/mol. The Morgan fingerprint density at radius 2 is 2.11 bits per heavy atom. The van der Waals surface area contributed by atoms with E-state index >= 15 is 0 Å². The van der Waals surface area contributed by atoms with Crippen LogP contribution in [-0.2, 0) is 13.1 Å². The van der Waals surface area contributed by atoms with Gasteiger partial charge in [0.2, 0.25) is 0 Å². The molecule has 0 aliphatic heterocycles. The van der Waals surface area contributed by atoms with Crippen molar-refractivity contribution in [1.29, 1.82) is 0 Å². The van der Waals surface area contributed by atoms with Crippen molar-refractivity contribution in [3.8, 4) is 0 Å². The molecule has 3 nitrogen and oxygen atoms in total. The fraction of sp³-hybridized carbons (Fsp3) is 0.357. The first-order valence-electron chi connectivity index (χ1n) is 6.22. The van der Waals surface area contributed by atoms with Gasteiger partial charge in [-0.3, -0.25) is 0 Å². The van der Waals surface area contributed by atoms with Gasteiger partial charge >= 0.3 is 0 Å². The number of nitrogens with one attached hydrogen (secondary N) is 1. The third-order valence-electron chi connectivity index (χ3n) is 2.84. The van der Waals surface area contributed by atoms with E-state index in [9.17, 15) is 8.78 Å². The Morgan fingerprint density at radius 1 is 1.32 bits per heavy atom. The van der Waals surface area contributed by atoms with E-state index in [4.69, 9.17) is 0 Å². The van der Waals surface area contributed by atoms with Crippen LogP contribution in [0.2, 0.25) is 0 Å². The smallest absolute Gasteiger partial charge is 0.128 e. The van der Waals surface area contributed by atoms with Crippen molar-refractivity contribution in [2.75, 3.05) is 0 Å². The molecule has 0 atom stereocenters. The first-order valence-corrected chi connectivity index (χ1v) is 6.22. The van der Waals surface area contributed by atoms with Crippen molar-refractivity contribution in [3.63, 3.8) is 0 Å². The number of hydrogen-bond acceptors (Lipinski definition) is 2. The highest BCUT2D eigenvalue weighted by Crippen LogP contribution is 2.12. The number of rotatable bonds is 5. The van der Waals surface area contributed by atoms with E-state index in [1.165, 1.54) is 6.07 Å². The summed E-state index contributed by atoms with van der Waals surface area (Å²) in [6.07, 6.45) is 3.36. The van der Waals surface area contributed by atoms with Gasteiger partial charge in [-0.1, -0.05) is 13.8 Å². The Hall–Kier alpha value is -1.75. The predicted molar refractivity (Wildman–Crippen MR) is 69.7 cm³/mol. The topological polar surface area (TPSA) is 29.9 Å². The third-order valence-corrected chi connectivity index (χ3v) is 2.84. The van der Waals surface area contributed by atoms with E-state index in [-0.39, 0.29) is 6.54 Å². The molecule has 0 unspecified atom stereocenters. The van der Waals surface area contributed by atoms with Gasteiger partial charge in [-0.05, 0) is 18.2 Å². The highest BCUT2D eigenvalue weighted by atomic mass is 19.1. The molecule has 0 bridgehead atoms. The highest BCUT2D eigenvalue weighted by Gasteiger charge is 2.08. The summed E-state index contributed by atoms with van der Waals surface area (Å²) in [7, 11) is 0. The van der Waals surface area contributed by atoms with Crippen molar-refractivity contribution in [2.24, 2.45) is 0 Å². The minimum absolute atomic E-state index is 0.276. The summed E-state index contributed by atoms with van der Waals surface area (Å²) >= 11 is 0. The fourth-order valence-electron chi connectivity index (χ4n) is 1.79. The molecule has 102 valence electrons. The van der Waals surface area contributed by atoms with Gasteiger partial charge in [0, 0.05) is 24.3 Å². The summed E-state index contributed by atoms with van der Waals surface area (Å²) in [4.78, 5) is 4.06. The molecule has 0 radical (unpaired) electrons. The van der Waals surface area contributed by atoms with Crippen LogP contribution in [0.1, 0.15) is 25.1 Å². The van der Waals surface area contributed by atoms with E-state index in [0.717, 1.165) is 17.8 Å². The molecular formula is C14H17F2N3. The van der Waals surface area contributed by atoms with Gasteiger partial charge in [0.25, 0.3) is 0 Å².